The molecule has 0 bridgehead atoms. The van der Waals surface area contributed by atoms with Crippen LogP contribution in [0, 0.1) is 6.92 Å². The summed E-state index contributed by atoms with van der Waals surface area (Å²) in [5.74, 6) is 0. The molecule has 104 valence electrons. The largest absolute Gasteiger partial charge is 0.390 e. The van der Waals surface area contributed by atoms with Crippen molar-refractivity contribution in [2.24, 2.45) is 0 Å². The SMILES string of the molecule is CNC(C)c1sc(N(C)CCC(F)(F)F)nc1C. The molecule has 1 aromatic heterocycles. The minimum Gasteiger partial charge on any atom is -0.351 e. The maximum Gasteiger partial charge on any atom is 0.390 e. The van der Waals surface area contributed by atoms with Crippen LogP contribution in [-0.4, -0.2) is 31.8 Å². The summed E-state index contributed by atoms with van der Waals surface area (Å²) in [5.41, 5.74) is 0.871. The Morgan fingerprint density at radius 1 is 1.44 bits per heavy atom. The van der Waals surface area contributed by atoms with E-state index in [-0.39, 0.29) is 12.6 Å². The molecule has 0 aromatic carbocycles. The van der Waals surface area contributed by atoms with Gasteiger partial charge in [0.05, 0.1) is 12.1 Å². The van der Waals surface area contributed by atoms with Crippen LogP contribution in [-0.2, 0) is 0 Å². The standard InChI is InChI=1S/C11H18F3N3S/c1-7(15-3)9-8(2)16-10(18-9)17(4)6-5-11(12,13)14/h7,15H,5-6H2,1-4H3. The highest BCUT2D eigenvalue weighted by Crippen LogP contribution is 2.30. The molecule has 0 aliphatic heterocycles. The Hall–Kier alpha value is -0.820. The molecule has 0 aliphatic rings. The number of alkyl halides is 3. The van der Waals surface area contributed by atoms with E-state index in [1.165, 1.54) is 11.3 Å². The predicted octanol–water partition coefficient (Wildman–Crippen LogP) is 3.12. The zero-order valence-electron chi connectivity index (χ0n) is 10.9. The van der Waals surface area contributed by atoms with Gasteiger partial charge < -0.3 is 10.2 Å². The van der Waals surface area contributed by atoms with Gasteiger partial charge in [-0.1, -0.05) is 0 Å². The van der Waals surface area contributed by atoms with Crippen molar-refractivity contribution >= 4 is 16.5 Å². The maximum absolute atomic E-state index is 12.1. The number of anilines is 1. The van der Waals surface area contributed by atoms with Crippen molar-refractivity contribution in [2.45, 2.75) is 32.5 Å². The maximum atomic E-state index is 12.1. The van der Waals surface area contributed by atoms with Gasteiger partial charge in [0, 0.05) is 24.5 Å². The van der Waals surface area contributed by atoms with E-state index < -0.39 is 12.6 Å². The molecule has 0 fully saturated rings. The molecule has 1 aromatic rings. The molecule has 1 atom stereocenters. The Bertz CT molecular complexity index is 389. The van der Waals surface area contributed by atoms with Crippen LogP contribution in [0.25, 0.3) is 0 Å². The Balaban J connectivity index is 2.72. The summed E-state index contributed by atoms with van der Waals surface area (Å²) in [5, 5.41) is 3.74. The monoisotopic (exact) mass is 281 g/mol. The molecule has 1 heterocycles. The average Bonchev–Trinajstić information content (AvgIpc) is 2.66. The molecule has 0 aliphatic carbocycles. The molecule has 1 N–H and O–H groups in total. The van der Waals surface area contributed by atoms with E-state index in [0.29, 0.717) is 5.13 Å². The van der Waals surface area contributed by atoms with Gasteiger partial charge in [0.1, 0.15) is 0 Å². The fourth-order valence-electron chi connectivity index (χ4n) is 1.48. The molecule has 0 saturated carbocycles. The summed E-state index contributed by atoms with van der Waals surface area (Å²) in [4.78, 5) is 6.93. The fraction of sp³-hybridized carbons (Fsp3) is 0.727. The Labute approximate surface area is 109 Å². The average molecular weight is 281 g/mol. The number of nitrogens with zero attached hydrogens (tertiary/aromatic N) is 2. The molecule has 7 heteroatoms. The number of hydrogen-bond donors (Lipinski definition) is 1. The third kappa shape index (κ3) is 4.13. The lowest BCUT2D eigenvalue weighted by molar-refractivity contribution is -0.132. The number of halogens is 3. The first-order valence-corrected chi connectivity index (χ1v) is 6.48. The van der Waals surface area contributed by atoms with Crippen LogP contribution < -0.4 is 10.2 Å². The van der Waals surface area contributed by atoms with E-state index in [2.05, 4.69) is 10.3 Å². The van der Waals surface area contributed by atoms with Crippen molar-refractivity contribution in [1.29, 1.82) is 0 Å². The summed E-state index contributed by atoms with van der Waals surface area (Å²) in [6.45, 7) is 3.81. The molecule has 18 heavy (non-hydrogen) atoms. The summed E-state index contributed by atoms with van der Waals surface area (Å²) in [7, 11) is 3.48. The van der Waals surface area contributed by atoms with Gasteiger partial charge in [-0.15, -0.1) is 11.3 Å². The quantitative estimate of drug-likeness (QED) is 0.899. The van der Waals surface area contributed by atoms with E-state index >= 15 is 0 Å². The van der Waals surface area contributed by atoms with Gasteiger partial charge in [-0.05, 0) is 20.9 Å². The van der Waals surface area contributed by atoms with E-state index in [0.717, 1.165) is 10.6 Å². The van der Waals surface area contributed by atoms with Gasteiger partial charge in [-0.2, -0.15) is 13.2 Å². The Kier molecular flexibility index (Phi) is 4.98. The third-order valence-electron chi connectivity index (χ3n) is 2.70. The number of aryl methyl sites for hydroxylation is 1. The first kappa shape index (κ1) is 15.2. The van der Waals surface area contributed by atoms with Crippen LogP contribution in [0.2, 0.25) is 0 Å². The van der Waals surface area contributed by atoms with Gasteiger partial charge in [0.25, 0.3) is 0 Å². The molecule has 0 spiro atoms. The second kappa shape index (κ2) is 5.88. The molecule has 1 unspecified atom stereocenters. The lowest BCUT2D eigenvalue weighted by atomic mass is 10.2. The highest BCUT2D eigenvalue weighted by atomic mass is 32.1. The second-order valence-electron chi connectivity index (χ2n) is 4.24. The van der Waals surface area contributed by atoms with Crippen LogP contribution in [0.15, 0.2) is 0 Å². The van der Waals surface area contributed by atoms with Crippen LogP contribution in [0.5, 0.6) is 0 Å². The normalized spacial score (nSPS) is 13.7. The first-order valence-electron chi connectivity index (χ1n) is 5.67. The van der Waals surface area contributed by atoms with Crippen LogP contribution >= 0.6 is 11.3 Å². The lowest BCUT2D eigenvalue weighted by Crippen LogP contribution is -2.23. The fourth-order valence-corrected chi connectivity index (χ4v) is 2.59. The van der Waals surface area contributed by atoms with E-state index in [1.54, 1.807) is 11.9 Å². The van der Waals surface area contributed by atoms with Crippen LogP contribution in [0.1, 0.15) is 30.0 Å². The summed E-state index contributed by atoms with van der Waals surface area (Å²) < 4.78 is 36.4. The minimum atomic E-state index is -4.12. The second-order valence-corrected chi connectivity index (χ2v) is 5.25. The highest BCUT2D eigenvalue weighted by molar-refractivity contribution is 7.15. The Morgan fingerprint density at radius 2 is 2.06 bits per heavy atom. The van der Waals surface area contributed by atoms with E-state index in [9.17, 15) is 13.2 Å². The van der Waals surface area contributed by atoms with E-state index in [1.807, 2.05) is 20.9 Å². The minimum absolute atomic E-state index is 0.0656. The van der Waals surface area contributed by atoms with Gasteiger partial charge in [-0.3, -0.25) is 0 Å². The first-order chi connectivity index (χ1) is 8.24. The summed E-state index contributed by atoms with van der Waals surface area (Å²) in [6.07, 6.45) is -4.94. The van der Waals surface area contributed by atoms with Crippen molar-refractivity contribution in [3.63, 3.8) is 0 Å². The van der Waals surface area contributed by atoms with Crippen molar-refractivity contribution in [3.05, 3.63) is 10.6 Å². The van der Waals surface area contributed by atoms with Gasteiger partial charge >= 0.3 is 6.18 Å². The Morgan fingerprint density at radius 3 is 2.56 bits per heavy atom. The number of thiazole rings is 1. The highest BCUT2D eigenvalue weighted by Gasteiger charge is 2.27. The van der Waals surface area contributed by atoms with Crippen LogP contribution in [0.3, 0.4) is 0 Å². The molecule has 0 amide bonds. The molecule has 0 radical (unpaired) electrons. The number of aromatic nitrogens is 1. The van der Waals surface area contributed by atoms with Crippen molar-refractivity contribution in [2.75, 3.05) is 25.5 Å². The van der Waals surface area contributed by atoms with E-state index in [4.69, 9.17) is 0 Å². The molecular formula is C11H18F3N3S. The zero-order chi connectivity index (χ0) is 13.9. The van der Waals surface area contributed by atoms with Crippen LogP contribution in [0.4, 0.5) is 18.3 Å². The third-order valence-corrected chi connectivity index (χ3v) is 4.16. The number of hydrogen-bond acceptors (Lipinski definition) is 4. The predicted molar refractivity (Wildman–Crippen MR) is 68.3 cm³/mol. The van der Waals surface area contributed by atoms with Gasteiger partial charge in [0.15, 0.2) is 5.13 Å². The lowest BCUT2D eigenvalue weighted by Gasteiger charge is -2.16. The summed E-state index contributed by atoms with van der Waals surface area (Å²) in [6, 6.07) is 0.160. The summed E-state index contributed by atoms with van der Waals surface area (Å²) >= 11 is 1.44. The number of nitrogens with one attached hydrogen (secondary N) is 1. The topological polar surface area (TPSA) is 28.2 Å². The van der Waals surface area contributed by atoms with Gasteiger partial charge in [-0.25, -0.2) is 4.98 Å². The van der Waals surface area contributed by atoms with Crippen molar-refractivity contribution < 1.29 is 13.2 Å². The van der Waals surface area contributed by atoms with Crippen molar-refractivity contribution in [1.82, 2.24) is 10.3 Å². The van der Waals surface area contributed by atoms with Gasteiger partial charge in [0.2, 0.25) is 0 Å². The van der Waals surface area contributed by atoms with Crippen molar-refractivity contribution in [3.8, 4) is 0 Å². The molecule has 3 nitrogen and oxygen atoms in total. The molecule has 1 rings (SSSR count). The zero-order valence-corrected chi connectivity index (χ0v) is 11.7. The smallest absolute Gasteiger partial charge is 0.351 e. The molecular weight excluding hydrogens is 263 g/mol. The number of rotatable bonds is 5. The molecule has 0 saturated heterocycles.